The summed E-state index contributed by atoms with van der Waals surface area (Å²) in [7, 11) is 0. The summed E-state index contributed by atoms with van der Waals surface area (Å²) in [6.07, 6.45) is 1.93. The molecule has 0 aliphatic carbocycles. The Morgan fingerprint density at radius 1 is 1.32 bits per heavy atom. The molecule has 3 rings (SSSR count). The first-order valence-electron chi connectivity index (χ1n) is 7.90. The molecular formula is C18H22N2O2. The third kappa shape index (κ3) is 2.78. The molecule has 0 unspecified atom stereocenters. The molecule has 1 aliphatic rings. The van der Waals surface area contributed by atoms with Crippen molar-refractivity contribution in [2.45, 2.75) is 45.6 Å². The van der Waals surface area contributed by atoms with Gasteiger partial charge in [-0.05, 0) is 37.8 Å². The van der Waals surface area contributed by atoms with Gasteiger partial charge in [-0.25, -0.2) is 0 Å². The topological polar surface area (TPSA) is 46.3 Å². The number of benzene rings is 1. The molecule has 116 valence electrons. The maximum absolute atomic E-state index is 12.7. The Kier molecular flexibility index (Phi) is 4.01. The van der Waals surface area contributed by atoms with Crippen molar-refractivity contribution in [1.29, 1.82) is 0 Å². The fourth-order valence-corrected chi connectivity index (χ4v) is 2.90. The molecule has 0 saturated carbocycles. The lowest BCUT2D eigenvalue weighted by atomic mass is 10.1. The van der Waals surface area contributed by atoms with Crippen LogP contribution < -0.4 is 0 Å². The highest BCUT2D eigenvalue weighted by Gasteiger charge is 2.33. The second-order valence-electron chi connectivity index (χ2n) is 6.33. The van der Waals surface area contributed by atoms with Crippen molar-refractivity contribution in [2.24, 2.45) is 0 Å². The van der Waals surface area contributed by atoms with Crippen molar-refractivity contribution < 1.29 is 9.32 Å². The van der Waals surface area contributed by atoms with Crippen LogP contribution in [0.15, 0.2) is 34.9 Å². The van der Waals surface area contributed by atoms with Crippen LogP contribution in [0.5, 0.6) is 0 Å². The Balaban J connectivity index is 1.83. The standard InChI is InChI=1S/C18H22N2O2/c1-12(2)15-11-17(22-19-15)16-5-4-10-20(16)18(21)14-8-6-13(3)7-9-14/h6-9,11-12,16H,4-5,10H2,1-3H3/t16-/m0/s1. The van der Waals surface area contributed by atoms with Crippen LogP contribution in [-0.4, -0.2) is 22.5 Å². The van der Waals surface area contributed by atoms with Gasteiger partial charge in [-0.1, -0.05) is 36.7 Å². The van der Waals surface area contributed by atoms with Gasteiger partial charge in [0, 0.05) is 18.2 Å². The average Bonchev–Trinajstić information content (AvgIpc) is 3.16. The molecule has 1 amide bonds. The molecule has 0 bridgehead atoms. The van der Waals surface area contributed by atoms with Gasteiger partial charge in [0.15, 0.2) is 5.76 Å². The Morgan fingerprint density at radius 3 is 2.68 bits per heavy atom. The van der Waals surface area contributed by atoms with Crippen LogP contribution in [0.25, 0.3) is 0 Å². The SMILES string of the molecule is Cc1ccc(C(=O)N2CCC[C@H]2c2cc(C(C)C)no2)cc1. The zero-order chi connectivity index (χ0) is 15.7. The van der Waals surface area contributed by atoms with Gasteiger partial charge in [0.2, 0.25) is 0 Å². The van der Waals surface area contributed by atoms with Gasteiger partial charge in [-0.2, -0.15) is 0 Å². The van der Waals surface area contributed by atoms with Crippen molar-refractivity contribution in [3.8, 4) is 0 Å². The molecule has 1 saturated heterocycles. The van der Waals surface area contributed by atoms with E-state index in [1.54, 1.807) is 0 Å². The van der Waals surface area contributed by atoms with Crippen LogP contribution >= 0.6 is 0 Å². The highest BCUT2D eigenvalue weighted by molar-refractivity contribution is 5.94. The Morgan fingerprint density at radius 2 is 2.05 bits per heavy atom. The molecule has 1 aromatic carbocycles. The molecule has 4 nitrogen and oxygen atoms in total. The van der Waals surface area contributed by atoms with Crippen molar-refractivity contribution in [3.63, 3.8) is 0 Å². The lowest BCUT2D eigenvalue weighted by Crippen LogP contribution is -2.30. The zero-order valence-electron chi connectivity index (χ0n) is 13.4. The van der Waals surface area contributed by atoms with Gasteiger partial charge in [0.25, 0.3) is 5.91 Å². The summed E-state index contributed by atoms with van der Waals surface area (Å²) in [6.45, 7) is 6.97. The highest BCUT2D eigenvalue weighted by Crippen LogP contribution is 2.34. The van der Waals surface area contributed by atoms with Crippen molar-refractivity contribution >= 4 is 5.91 Å². The molecule has 0 radical (unpaired) electrons. The first-order valence-corrected chi connectivity index (χ1v) is 7.90. The van der Waals surface area contributed by atoms with E-state index in [0.717, 1.165) is 42.0 Å². The number of amides is 1. The second-order valence-corrected chi connectivity index (χ2v) is 6.33. The second kappa shape index (κ2) is 5.95. The summed E-state index contributed by atoms with van der Waals surface area (Å²) in [4.78, 5) is 14.7. The average molecular weight is 298 g/mol. The van der Waals surface area contributed by atoms with Crippen molar-refractivity contribution in [3.05, 3.63) is 52.9 Å². The Hall–Kier alpha value is -2.10. The summed E-state index contributed by atoms with van der Waals surface area (Å²) in [5.41, 5.74) is 2.84. The number of likely N-dealkylation sites (tertiary alicyclic amines) is 1. The molecule has 1 aliphatic heterocycles. The number of nitrogens with zero attached hydrogens (tertiary/aromatic N) is 2. The molecule has 0 spiro atoms. The number of rotatable bonds is 3. The molecule has 1 atom stereocenters. The largest absolute Gasteiger partial charge is 0.359 e. The van der Waals surface area contributed by atoms with Crippen LogP contribution in [0.1, 0.15) is 66.0 Å². The van der Waals surface area contributed by atoms with Crippen molar-refractivity contribution in [1.82, 2.24) is 10.1 Å². The molecule has 1 aromatic heterocycles. The highest BCUT2D eigenvalue weighted by atomic mass is 16.5. The predicted molar refractivity (Wildman–Crippen MR) is 84.8 cm³/mol. The molecule has 22 heavy (non-hydrogen) atoms. The predicted octanol–water partition coefficient (Wildman–Crippen LogP) is 4.08. The van der Waals surface area contributed by atoms with Gasteiger partial charge in [-0.15, -0.1) is 0 Å². The number of aryl methyl sites for hydroxylation is 1. The molecule has 0 N–H and O–H groups in total. The van der Waals surface area contributed by atoms with Gasteiger partial charge in [-0.3, -0.25) is 4.79 Å². The molecular weight excluding hydrogens is 276 g/mol. The lowest BCUT2D eigenvalue weighted by Gasteiger charge is -2.22. The van der Waals surface area contributed by atoms with E-state index in [0.29, 0.717) is 5.92 Å². The van der Waals surface area contributed by atoms with E-state index in [4.69, 9.17) is 4.52 Å². The minimum Gasteiger partial charge on any atom is -0.359 e. The number of hydrogen-bond donors (Lipinski definition) is 0. The fourth-order valence-electron chi connectivity index (χ4n) is 2.90. The smallest absolute Gasteiger partial charge is 0.254 e. The van der Waals surface area contributed by atoms with Crippen molar-refractivity contribution in [2.75, 3.05) is 6.54 Å². The fraction of sp³-hybridized carbons (Fsp3) is 0.444. The Labute approximate surface area is 131 Å². The van der Waals surface area contributed by atoms with Gasteiger partial charge < -0.3 is 9.42 Å². The van der Waals surface area contributed by atoms with E-state index in [1.165, 1.54) is 0 Å². The van der Waals surface area contributed by atoms with E-state index >= 15 is 0 Å². The quantitative estimate of drug-likeness (QED) is 0.857. The van der Waals surface area contributed by atoms with Crippen LogP contribution in [-0.2, 0) is 0 Å². The molecule has 2 aromatic rings. The lowest BCUT2D eigenvalue weighted by molar-refractivity contribution is 0.0714. The number of aromatic nitrogens is 1. The first-order chi connectivity index (χ1) is 10.6. The van der Waals surface area contributed by atoms with Crippen LogP contribution in [0.2, 0.25) is 0 Å². The summed E-state index contributed by atoms with van der Waals surface area (Å²) in [5, 5.41) is 4.13. The summed E-state index contributed by atoms with van der Waals surface area (Å²) in [6, 6.07) is 9.75. The monoisotopic (exact) mass is 298 g/mol. The summed E-state index contributed by atoms with van der Waals surface area (Å²) < 4.78 is 5.50. The normalized spacial score (nSPS) is 18.2. The van der Waals surface area contributed by atoms with E-state index < -0.39 is 0 Å². The summed E-state index contributed by atoms with van der Waals surface area (Å²) >= 11 is 0. The minimum absolute atomic E-state index is 0.00815. The summed E-state index contributed by atoms with van der Waals surface area (Å²) in [5.74, 6) is 1.21. The number of hydrogen-bond acceptors (Lipinski definition) is 3. The van der Waals surface area contributed by atoms with E-state index in [-0.39, 0.29) is 11.9 Å². The third-order valence-electron chi connectivity index (χ3n) is 4.28. The molecule has 1 fully saturated rings. The van der Waals surface area contributed by atoms with E-state index in [2.05, 4.69) is 19.0 Å². The van der Waals surface area contributed by atoms with Gasteiger partial charge in [0.1, 0.15) is 0 Å². The van der Waals surface area contributed by atoms with E-state index in [1.807, 2.05) is 42.2 Å². The van der Waals surface area contributed by atoms with Gasteiger partial charge >= 0.3 is 0 Å². The number of carbonyl (C=O) groups excluding carboxylic acids is 1. The molecule has 2 heterocycles. The third-order valence-corrected chi connectivity index (χ3v) is 4.28. The van der Waals surface area contributed by atoms with Crippen LogP contribution in [0.3, 0.4) is 0 Å². The van der Waals surface area contributed by atoms with Crippen LogP contribution in [0.4, 0.5) is 0 Å². The first kappa shape index (κ1) is 14.8. The Bertz CT molecular complexity index is 658. The minimum atomic E-state index is 0.00815. The van der Waals surface area contributed by atoms with Crippen LogP contribution in [0, 0.1) is 6.92 Å². The molecule has 4 heteroatoms. The number of carbonyl (C=O) groups is 1. The van der Waals surface area contributed by atoms with Gasteiger partial charge in [0.05, 0.1) is 11.7 Å². The maximum Gasteiger partial charge on any atom is 0.254 e. The van der Waals surface area contributed by atoms with E-state index in [9.17, 15) is 4.79 Å². The zero-order valence-corrected chi connectivity index (χ0v) is 13.4. The maximum atomic E-state index is 12.7.